The summed E-state index contributed by atoms with van der Waals surface area (Å²) in [4.78, 5) is 57.7. The Labute approximate surface area is 762 Å². The van der Waals surface area contributed by atoms with Gasteiger partial charge in [0.15, 0.2) is 17.5 Å². The molecule has 12 nitrogen and oxygen atoms in total. The van der Waals surface area contributed by atoms with Gasteiger partial charge in [0.05, 0.1) is 45.6 Å². The van der Waals surface area contributed by atoms with E-state index in [1.165, 1.54) is 64.6 Å². The van der Waals surface area contributed by atoms with Crippen LogP contribution in [0.3, 0.4) is 0 Å². The molecule has 0 aliphatic heterocycles. The maximum absolute atomic E-state index is 5.20. The molecular weight excluding hydrogens is 1610 g/mol. The predicted octanol–water partition coefficient (Wildman–Crippen LogP) is 29.7. The summed E-state index contributed by atoms with van der Waals surface area (Å²) in [5.41, 5.74) is 26.5. The van der Waals surface area contributed by atoms with E-state index in [0.717, 1.165) is 151 Å². The molecular formula is C120H78N12. The predicted molar refractivity (Wildman–Crippen MR) is 539 cm³/mol. The molecule has 0 radical (unpaired) electrons. The summed E-state index contributed by atoms with van der Waals surface area (Å²) in [6, 6.07) is 143. The fourth-order valence-corrected chi connectivity index (χ4v) is 17.2. The van der Waals surface area contributed by atoms with Crippen molar-refractivity contribution in [1.29, 1.82) is 0 Å². The highest BCUT2D eigenvalue weighted by Crippen LogP contribution is 2.41. The van der Waals surface area contributed by atoms with Crippen LogP contribution in [0.1, 0.15) is 0 Å². The first-order chi connectivity index (χ1) is 65.3. The first-order valence-corrected chi connectivity index (χ1v) is 43.8. The lowest BCUT2D eigenvalue weighted by Crippen LogP contribution is -1.97. The van der Waals surface area contributed by atoms with Crippen molar-refractivity contribution in [3.05, 3.63) is 474 Å². The second-order valence-corrected chi connectivity index (χ2v) is 32.5. The molecule has 24 rings (SSSR count). The van der Waals surface area contributed by atoms with Crippen LogP contribution in [0, 0.1) is 0 Å². The number of aromatic nitrogens is 12. The quantitative estimate of drug-likeness (QED) is 0.0959. The number of hydrogen-bond donors (Lipinski definition) is 0. The molecule has 0 aliphatic rings. The Bertz CT molecular complexity index is 7150. The molecule has 0 N–H and O–H groups in total. The van der Waals surface area contributed by atoms with Crippen LogP contribution < -0.4 is 0 Å². The van der Waals surface area contributed by atoms with Gasteiger partial charge in [0, 0.05) is 134 Å². The molecule has 15 aromatic carbocycles. The molecule has 9 heterocycles. The van der Waals surface area contributed by atoms with Crippen LogP contribution in [-0.2, 0) is 0 Å². The summed E-state index contributed by atoms with van der Waals surface area (Å²) in [7, 11) is 0. The Balaban J connectivity index is 0.000000116. The average Bonchev–Trinajstić information content (AvgIpc) is 0.780. The van der Waals surface area contributed by atoms with Gasteiger partial charge in [0.2, 0.25) is 0 Å². The van der Waals surface area contributed by atoms with Crippen LogP contribution in [-0.4, -0.2) is 59.8 Å². The highest BCUT2D eigenvalue weighted by atomic mass is 14.9. The number of rotatable bonds is 15. The largest absolute Gasteiger partial charge is 0.265 e. The molecule has 0 fully saturated rings. The lowest BCUT2D eigenvalue weighted by molar-refractivity contribution is 1.18. The summed E-state index contributed by atoms with van der Waals surface area (Å²) in [6.45, 7) is 0. The van der Waals surface area contributed by atoms with E-state index in [-0.39, 0.29) is 0 Å². The van der Waals surface area contributed by atoms with E-state index in [1.54, 1.807) is 12.4 Å². The third-order valence-electron chi connectivity index (χ3n) is 24.0. The molecule has 0 saturated carbocycles. The highest BCUT2D eigenvalue weighted by Gasteiger charge is 2.21. The zero-order valence-electron chi connectivity index (χ0n) is 71.4. The molecule has 0 bridgehead atoms. The Morgan fingerprint density at radius 3 is 0.598 bits per heavy atom. The van der Waals surface area contributed by atoms with E-state index in [0.29, 0.717) is 17.5 Å². The first-order valence-electron chi connectivity index (χ1n) is 43.8. The molecule has 9 aromatic heterocycles. The third-order valence-corrected chi connectivity index (χ3v) is 24.0. The molecule has 0 saturated heterocycles. The number of benzene rings is 15. The van der Waals surface area contributed by atoms with E-state index < -0.39 is 0 Å². The van der Waals surface area contributed by atoms with Gasteiger partial charge in [0.25, 0.3) is 0 Å². The van der Waals surface area contributed by atoms with Gasteiger partial charge in [-0.3, -0.25) is 29.9 Å². The Morgan fingerprint density at radius 2 is 0.348 bits per heavy atom. The van der Waals surface area contributed by atoms with Crippen molar-refractivity contribution in [3.63, 3.8) is 0 Å². The van der Waals surface area contributed by atoms with E-state index in [4.69, 9.17) is 29.9 Å². The molecule has 0 atom stereocenters. The van der Waals surface area contributed by atoms with Crippen molar-refractivity contribution in [2.75, 3.05) is 0 Å². The second kappa shape index (κ2) is 36.2. The minimum Gasteiger partial charge on any atom is -0.265 e. The minimum absolute atomic E-state index is 0.647. The van der Waals surface area contributed by atoms with E-state index in [9.17, 15) is 0 Å². The summed E-state index contributed by atoms with van der Waals surface area (Å²) < 4.78 is 0. The number of pyridine rings is 6. The van der Waals surface area contributed by atoms with Gasteiger partial charge >= 0.3 is 0 Å². The molecule has 132 heavy (non-hydrogen) atoms. The first kappa shape index (κ1) is 79.9. The monoisotopic (exact) mass is 1690 g/mol. The van der Waals surface area contributed by atoms with Crippen molar-refractivity contribution in [2.45, 2.75) is 0 Å². The number of nitrogens with zero attached hydrogens (tertiary/aromatic N) is 12. The fraction of sp³-hybridized carbons (Fsp3) is 0. The zero-order chi connectivity index (χ0) is 87.9. The van der Waals surface area contributed by atoms with Crippen molar-refractivity contribution in [3.8, 4) is 169 Å². The summed E-state index contributed by atoms with van der Waals surface area (Å²) in [5, 5.41) is 14.3. The molecule has 24 aromatic rings. The van der Waals surface area contributed by atoms with Gasteiger partial charge in [-0.05, 0) is 268 Å². The van der Waals surface area contributed by atoms with Gasteiger partial charge in [-0.1, -0.05) is 243 Å². The molecule has 0 spiro atoms. The Morgan fingerprint density at radius 1 is 0.114 bits per heavy atom. The van der Waals surface area contributed by atoms with E-state index in [2.05, 4.69) is 370 Å². The van der Waals surface area contributed by atoms with Gasteiger partial charge in [-0.2, -0.15) is 0 Å². The minimum atomic E-state index is 0.647. The van der Waals surface area contributed by atoms with Crippen molar-refractivity contribution in [2.24, 2.45) is 0 Å². The Kier molecular flexibility index (Phi) is 21.9. The lowest BCUT2D eigenvalue weighted by atomic mass is 9.96. The molecule has 12 heteroatoms. The molecule has 0 unspecified atom stereocenters. The van der Waals surface area contributed by atoms with E-state index in [1.807, 2.05) is 122 Å². The number of hydrogen-bond acceptors (Lipinski definition) is 12. The third kappa shape index (κ3) is 17.4. The van der Waals surface area contributed by atoms with E-state index >= 15 is 0 Å². The van der Waals surface area contributed by atoms with Crippen LogP contribution in [0.5, 0.6) is 0 Å². The van der Waals surface area contributed by atoms with Gasteiger partial charge < -0.3 is 0 Å². The van der Waals surface area contributed by atoms with Gasteiger partial charge in [-0.15, -0.1) is 0 Å². The maximum atomic E-state index is 5.20. The lowest BCUT2D eigenvalue weighted by Gasteiger charge is -2.13. The van der Waals surface area contributed by atoms with Crippen LogP contribution in [0.4, 0.5) is 0 Å². The Hall–Kier alpha value is -18.0. The second-order valence-electron chi connectivity index (χ2n) is 32.5. The van der Waals surface area contributed by atoms with Crippen molar-refractivity contribution >= 4 is 64.6 Å². The smallest absolute Gasteiger partial charge is 0.160 e. The SMILES string of the molecule is c1ccc(-c2cc(-c3ccccn3)cc(-c3nc(-c4ccc5ccccc5c4)cc(-c4ccc5ccccc5c4)n3)c2)nc1.c1ccc2cc(-c3cc(-c4ccc5ccccc5c4)nc(-c4cc(-c5ccncc5)cc(-c5ccncc5)c4)n3)ccc2c1.c1cncc(-c2cc(-c3cccnc3)cc(-c3nc(-c4ccc5ccccc5c4)cc(-c4ccc5ccccc5c4)n3)c2)c1. The van der Waals surface area contributed by atoms with Crippen LogP contribution in [0.25, 0.3) is 233 Å². The topological polar surface area (TPSA) is 155 Å². The summed E-state index contributed by atoms with van der Waals surface area (Å²) >= 11 is 0. The molecule has 0 amide bonds. The summed E-state index contributed by atoms with van der Waals surface area (Å²) in [5.74, 6) is 1.98. The fourth-order valence-electron chi connectivity index (χ4n) is 17.2. The number of fused-ring (bicyclic) bond motifs is 6. The van der Waals surface area contributed by atoms with Crippen LogP contribution in [0.15, 0.2) is 474 Å². The zero-order valence-corrected chi connectivity index (χ0v) is 71.4. The standard InChI is InChI=1S/3C40H26N4/c1-3-11-29-21-31(17-15-27(29)9-1)38-26-39(32-18-16-28-10-2-4-12-30(28)22-32)44-40(43-38)35-24-33(36-13-5-7-19-41-36)23-34(25-35)37-14-6-8-20-42-37;1-3-9-29-19-31(15-13-27(29)7-1)38-24-39(32-16-14-28-8-2-4-10-30(28)20-32)44-40(43-38)37-22-35(33-11-5-17-41-25-33)21-36(23-37)34-12-6-18-42-26-34;1-3-7-31-21-33(11-9-27(31)5-1)38-26-39(34-12-10-28-6-2-4-8-32(28)22-34)44-40(43-38)37-24-35(29-13-17-41-18-14-29)23-36(25-37)30-15-19-42-20-16-30/h3*1-26H. The normalized spacial score (nSPS) is 11.2. The van der Waals surface area contributed by atoms with Gasteiger partial charge in [-0.25, -0.2) is 29.9 Å². The maximum Gasteiger partial charge on any atom is 0.160 e. The van der Waals surface area contributed by atoms with Gasteiger partial charge in [0.1, 0.15) is 0 Å². The van der Waals surface area contributed by atoms with Crippen LogP contribution >= 0.6 is 0 Å². The molecule has 618 valence electrons. The van der Waals surface area contributed by atoms with Crippen molar-refractivity contribution in [1.82, 2.24) is 59.8 Å². The highest BCUT2D eigenvalue weighted by molar-refractivity contribution is 5.95. The summed E-state index contributed by atoms with van der Waals surface area (Å²) in [6.07, 6.45) is 18.3. The van der Waals surface area contributed by atoms with Crippen molar-refractivity contribution < 1.29 is 0 Å². The average molecular weight is 1690 g/mol. The molecule has 0 aliphatic carbocycles. The van der Waals surface area contributed by atoms with Crippen LogP contribution in [0.2, 0.25) is 0 Å².